The molecule has 144 valence electrons. The summed E-state index contributed by atoms with van der Waals surface area (Å²) in [5, 5.41) is 0.461. The zero-order valence-electron chi connectivity index (χ0n) is 15.3. The quantitative estimate of drug-likeness (QED) is 0.540. The number of ether oxygens (including phenoxy) is 1. The lowest BCUT2D eigenvalue weighted by Gasteiger charge is -2.14. The molecule has 1 aliphatic heterocycles. The summed E-state index contributed by atoms with van der Waals surface area (Å²) in [4.78, 5) is 53.0. The first-order valence-electron chi connectivity index (χ1n) is 8.90. The molecule has 7 nitrogen and oxygen atoms in total. The first-order chi connectivity index (χ1) is 13.5. The van der Waals surface area contributed by atoms with Gasteiger partial charge in [0.2, 0.25) is 0 Å². The number of amides is 2. The van der Waals surface area contributed by atoms with Crippen LogP contribution in [0.15, 0.2) is 54.6 Å². The Kier molecular flexibility index (Phi) is 5.84. The summed E-state index contributed by atoms with van der Waals surface area (Å²) in [7, 11) is 0. The van der Waals surface area contributed by atoms with E-state index in [2.05, 4.69) is 0 Å². The number of fused-ring (bicyclic) bond motifs is 1. The number of hydroxylamine groups is 2. The molecule has 0 aromatic heterocycles. The van der Waals surface area contributed by atoms with E-state index < -0.39 is 23.8 Å². The second-order valence-electron chi connectivity index (χ2n) is 6.31. The summed E-state index contributed by atoms with van der Waals surface area (Å²) < 4.78 is 5.32. The summed E-state index contributed by atoms with van der Waals surface area (Å²) in [5.41, 5.74) is 1.26. The fraction of sp³-hybridized carbons (Fsp3) is 0.238. The van der Waals surface area contributed by atoms with Crippen molar-refractivity contribution in [3.8, 4) is 0 Å². The summed E-state index contributed by atoms with van der Waals surface area (Å²) >= 11 is 0. The Balaban J connectivity index is 1.43. The highest BCUT2D eigenvalue weighted by atomic mass is 16.7. The Bertz CT molecular complexity index is 873. The SMILES string of the molecule is CC(OC(=O)CCCC(=O)ON1C(=O)c2ccccc2C1=O)c1ccccc1. The number of esters is 1. The monoisotopic (exact) mass is 381 g/mol. The molecule has 2 amide bonds. The number of carbonyl (C=O) groups excluding carboxylic acids is 4. The van der Waals surface area contributed by atoms with E-state index in [0.29, 0.717) is 5.06 Å². The van der Waals surface area contributed by atoms with Gasteiger partial charge in [0, 0.05) is 12.8 Å². The minimum atomic E-state index is -0.765. The molecule has 0 fully saturated rings. The molecule has 0 saturated carbocycles. The highest BCUT2D eigenvalue weighted by Crippen LogP contribution is 2.23. The normalized spacial score (nSPS) is 13.8. The molecule has 0 spiro atoms. The zero-order valence-corrected chi connectivity index (χ0v) is 15.3. The predicted molar refractivity (Wildman–Crippen MR) is 97.8 cm³/mol. The van der Waals surface area contributed by atoms with Gasteiger partial charge in [0.05, 0.1) is 11.1 Å². The topological polar surface area (TPSA) is 90.0 Å². The Hall–Kier alpha value is -3.48. The fourth-order valence-electron chi connectivity index (χ4n) is 2.82. The van der Waals surface area contributed by atoms with E-state index in [-0.39, 0.29) is 36.5 Å². The molecule has 7 heteroatoms. The van der Waals surface area contributed by atoms with E-state index in [1.165, 1.54) is 12.1 Å². The van der Waals surface area contributed by atoms with Gasteiger partial charge < -0.3 is 9.57 Å². The predicted octanol–water partition coefficient (Wildman–Crippen LogP) is 3.22. The van der Waals surface area contributed by atoms with Crippen LogP contribution in [0.5, 0.6) is 0 Å². The first kappa shape index (κ1) is 19.3. The van der Waals surface area contributed by atoms with Crippen molar-refractivity contribution in [2.24, 2.45) is 0 Å². The molecule has 1 atom stereocenters. The largest absolute Gasteiger partial charge is 0.458 e. The zero-order chi connectivity index (χ0) is 20.1. The van der Waals surface area contributed by atoms with E-state index in [1.807, 2.05) is 30.3 Å². The van der Waals surface area contributed by atoms with Crippen LogP contribution in [0, 0.1) is 0 Å². The molecule has 1 unspecified atom stereocenters. The van der Waals surface area contributed by atoms with Gasteiger partial charge in [-0.15, -0.1) is 0 Å². The van der Waals surface area contributed by atoms with Gasteiger partial charge in [0.1, 0.15) is 6.10 Å². The molecular formula is C21H19NO6. The number of benzene rings is 2. The number of hydrogen-bond donors (Lipinski definition) is 0. The Labute approximate surface area is 161 Å². The molecule has 28 heavy (non-hydrogen) atoms. The summed E-state index contributed by atoms with van der Waals surface area (Å²) in [6, 6.07) is 15.5. The molecule has 0 N–H and O–H groups in total. The molecule has 2 aromatic carbocycles. The molecule has 1 heterocycles. The van der Waals surface area contributed by atoms with Gasteiger partial charge in [-0.3, -0.25) is 14.4 Å². The molecule has 0 aliphatic carbocycles. The maximum Gasteiger partial charge on any atom is 0.333 e. The number of hydrogen-bond acceptors (Lipinski definition) is 6. The standard InChI is InChI=1S/C21H19NO6/c1-14(15-8-3-2-4-9-15)27-18(23)12-7-13-19(24)28-22-20(25)16-10-5-6-11-17(16)21(22)26/h2-6,8-11,14H,7,12-13H2,1H3. The van der Waals surface area contributed by atoms with Crippen LogP contribution >= 0.6 is 0 Å². The maximum absolute atomic E-state index is 12.1. The van der Waals surface area contributed by atoms with Crippen molar-refractivity contribution in [3.05, 3.63) is 71.3 Å². The summed E-state index contributed by atoms with van der Waals surface area (Å²) in [6.07, 6.45) is -0.308. The number of rotatable bonds is 7. The third-order valence-corrected chi connectivity index (χ3v) is 4.29. The van der Waals surface area contributed by atoms with E-state index in [0.717, 1.165) is 5.56 Å². The third kappa shape index (κ3) is 4.25. The van der Waals surface area contributed by atoms with Gasteiger partial charge in [0.15, 0.2) is 0 Å². The van der Waals surface area contributed by atoms with Crippen LogP contribution in [0.25, 0.3) is 0 Å². The van der Waals surface area contributed by atoms with Gasteiger partial charge in [-0.25, -0.2) is 4.79 Å². The molecular weight excluding hydrogens is 362 g/mol. The average Bonchev–Trinajstić information content (AvgIpc) is 2.94. The highest BCUT2D eigenvalue weighted by Gasteiger charge is 2.38. The van der Waals surface area contributed by atoms with E-state index in [9.17, 15) is 19.2 Å². The molecule has 0 radical (unpaired) electrons. The minimum Gasteiger partial charge on any atom is -0.458 e. The van der Waals surface area contributed by atoms with Gasteiger partial charge in [-0.2, -0.15) is 0 Å². The lowest BCUT2D eigenvalue weighted by Crippen LogP contribution is -2.32. The number of nitrogens with zero attached hydrogens (tertiary/aromatic N) is 1. The fourth-order valence-corrected chi connectivity index (χ4v) is 2.82. The van der Waals surface area contributed by atoms with Crippen LogP contribution in [-0.2, 0) is 19.2 Å². The van der Waals surface area contributed by atoms with E-state index in [4.69, 9.17) is 9.57 Å². The molecule has 0 saturated heterocycles. The van der Waals surface area contributed by atoms with Crippen LogP contribution in [0.1, 0.15) is 58.6 Å². The summed E-state index contributed by atoms with van der Waals surface area (Å²) in [6.45, 7) is 1.77. The van der Waals surface area contributed by atoms with Crippen molar-refractivity contribution in [2.45, 2.75) is 32.3 Å². The first-order valence-corrected chi connectivity index (χ1v) is 8.90. The van der Waals surface area contributed by atoms with Crippen LogP contribution in [-0.4, -0.2) is 28.8 Å². The van der Waals surface area contributed by atoms with Gasteiger partial charge in [-0.05, 0) is 31.0 Å². The lowest BCUT2D eigenvalue weighted by molar-refractivity contribution is -0.168. The smallest absolute Gasteiger partial charge is 0.333 e. The van der Waals surface area contributed by atoms with Crippen LogP contribution in [0.2, 0.25) is 0 Å². The van der Waals surface area contributed by atoms with Gasteiger partial charge in [0.25, 0.3) is 11.8 Å². The van der Waals surface area contributed by atoms with Crippen molar-refractivity contribution in [1.29, 1.82) is 0 Å². The second-order valence-corrected chi connectivity index (χ2v) is 6.31. The molecule has 1 aliphatic rings. The van der Waals surface area contributed by atoms with E-state index >= 15 is 0 Å². The van der Waals surface area contributed by atoms with Crippen molar-refractivity contribution in [3.63, 3.8) is 0 Å². The third-order valence-electron chi connectivity index (χ3n) is 4.29. The molecule has 3 rings (SSSR count). The average molecular weight is 381 g/mol. The minimum absolute atomic E-state index is 0.0222. The Morgan fingerprint density at radius 1 is 0.857 bits per heavy atom. The van der Waals surface area contributed by atoms with Crippen LogP contribution < -0.4 is 0 Å². The van der Waals surface area contributed by atoms with Crippen molar-refractivity contribution in [2.75, 3.05) is 0 Å². The Morgan fingerprint density at radius 2 is 1.39 bits per heavy atom. The van der Waals surface area contributed by atoms with Crippen molar-refractivity contribution in [1.82, 2.24) is 5.06 Å². The van der Waals surface area contributed by atoms with E-state index in [1.54, 1.807) is 19.1 Å². The van der Waals surface area contributed by atoms with Crippen molar-refractivity contribution < 1.29 is 28.8 Å². The highest BCUT2D eigenvalue weighted by molar-refractivity contribution is 6.20. The van der Waals surface area contributed by atoms with Gasteiger partial charge in [-0.1, -0.05) is 47.5 Å². The van der Waals surface area contributed by atoms with Crippen molar-refractivity contribution >= 4 is 23.8 Å². The second kappa shape index (κ2) is 8.47. The molecule has 0 bridgehead atoms. The lowest BCUT2D eigenvalue weighted by atomic mass is 10.1. The Morgan fingerprint density at radius 3 is 2.00 bits per heavy atom. The summed E-state index contributed by atoms with van der Waals surface area (Å²) in [5.74, 6) is -2.56. The van der Waals surface area contributed by atoms with Gasteiger partial charge >= 0.3 is 11.9 Å². The number of carbonyl (C=O) groups is 4. The maximum atomic E-state index is 12.1. The molecule has 2 aromatic rings. The van der Waals surface area contributed by atoms with Crippen LogP contribution in [0.4, 0.5) is 0 Å². The number of imide groups is 1. The van der Waals surface area contributed by atoms with Crippen LogP contribution in [0.3, 0.4) is 0 Å².